The first-order chi connectivity index (χ1) is 12.2. The molecule has 0 bridgehead atoms. The zero-order valence-electron chi connectivity index (χ0n) is 13.0. The van der Waals surface area contributed by atoms with Crippen LogP contribution in [0.4, 0.5) is 0 Å². The van der Waals surface area contributed by atoms with Crippen molar-refractivity contribution in [2.75, 3.05) is 0 Å². The van der Waals surface area contributed by atoms with Gasteiger partial charge in [0.2, 0.25) is 0 Å². The molecule has 4 aromatic heterocycles. The summed E-state index contributed by atoms with van der Waals surface area (Å²) in [5.74, 6) is 0.624. The van der Waals surface area contributed by atoms with Gasteiger partial charge >= 0.3 is 0 Å². The number of nitrogens with one attached hydrogen (secondary N) is 1. The number of carboxylic acid groups (broad SMARTS) is 1. The first-order valence-electron chi connectivity index (χ1n) is 7.29. The number of pyridine rings is 2. The summed E-state index contributed by atoms with van der Waals surface area (Å²) < 4.78 is 3.69. The molecule has 0 saturated carbocycles. The van der Waals surface area contributed by atoms with Gasteiger partial charge in [0.1, 0.15) is 12.2 Å². The van der Waals surface area contributed by atoms with Crippen LogP contribution in [0, 0.1) is 0 Å². The molecule has 0 fully saturated rings. The number of aromatic nitrogens is 6. The van der Waals surface area contributed by atoms with Crippen LogP contribution in [-0.4, -0.2) is 40.7 Å². The van der Waals surface area contributed by atoms with Crippen molar-refractivity contribution in [3.63, 3.8) is 0 Å². The highest BCUT2D eigenvalue weighted by Crippen LogP contribution is 2.15. The van der Waals surface area contributed by atoms with Gasteiger partial charge in [0.15, 0.2) is 5.65 Å². The summed E-state index contributed by atoms with van der Waals surface area (Å²) in [6.45, 7) is 0.296. The number of H-pyrrole nitrogens is 1. The molecule has 0 aliphatic rings. The van der Waals surface area contributed by atoms with Crippen LogP contribution in [-0.2, 0) is 11.3 Å². The van der Waals surface area contributed by atoms with Gasteiger partial charge in [0.05, 0.1) is 17.8 Å². The summed E-state index contributed by atoms with van der Waals surface area (Å²) >= 11 is 0. The van der Waals surface area contributed by atoms with Gasteiger partial charge in [-0.2, -0.15) is 5.10 Å². The monoisotopic (exact) mass is 338 g/mol. The lowest BCUT2D eigenvalue weighted by Crippen LogP contribution is -2.12. The second-order valence-electron chi connectivity index (χ2n) is 4.94. The molecule has 0 saturated heterocycles. The maximum absolute atomic E-state index is 12.0. The van der Waals surface area contributed by atoms with Crippen LogP contribution in [0.5, 0.6) is 0 Å². The first-order valence-corrected chi connectivity index (χ1v) is 7.29. The minimum atomic E-state index is -0.250. The molecule has 2 N–H and O–H groups in total. The Balaban J connectivity index is 0.000000569. The third kappa shape index (κ3) is 3.29. The van der Waals surface area contributed by atoms with Gasteiger partial charge < -0.3 is 14.7 Å². The molecule has 25 heavy (non-hydrogen) atoms. The molecule has 4 heterocycles. The second-order valence-corrected chi connectivity index (χ2v) is 4.94. The van der Waals surface area contributed by atoms with Crippen molar-refractivity contribution < 1.29 is 9.90 Å². The van der Waals surface area contributed by atoms with E-state index in [9.17, 15) is 4.79 Å². The maximum Gasteiger partial charge on any atom is 0.290 e. The normalized spacial score (nSPS) is 10.2. The van der Waals surface area contributed by atoms with Gasteiger partial charge in [-0.3, -0.25) is 9.59 Å². The molecular formula is C16H14N6O3. The van der Waals surface area contributed by atoms with Gasteiger partial charge in [0, 0.05) is 18.6 Å². The fourth-order valence-corrected chi connectivity index (χ4v) is 2.47. The molecule has 4 aromatic rings. The van der Waals surface area contributed by atoms with Crippen molar-refractivity contribution in [1.29, 1.82) is 0 Å². The molecule has 9 heteroatoms. The van der Waals surface area contributed by atoms with E-state index in [2.05, 4.69) is 20.1 Å². The molecule has 9 nitrogen and oxygen atoms in total. The lowest BCUT2D eigenvalue weighted by atomic mass is 10.2. The van der Waals surface area contributed by atoms with Crippen LogP contribution in [0.2, 0.25) is 0 Å². The largest absolute Gasteiger partial charge is 0.483 e. The Morgan fingerprint density at radius 2 is 2.04 bits per heavy atom. The summed E-state index contributed by atoms with van der Waals surface area (Å²) in [5, 5.41) is 11.1. The summed E-state index contributed by atoms with van der Waals surface area (Å²) in [6, 6.07) is 9.35. The molecule has 0 spiro atoms. The topological polar surface area (TPSA) is 118 Å². The third-order valence-electron chi connectivity index (χ3n) is 3.49. The van der Waals surface area contributed by atoms with Crippen molar-refractivity contribution in [2.45, 2.75) is 6.54 Å². The van der Waals surface area contributed by atoms with Crippen molar-refractivity contribution in [1.82, 2.24) is 29.1 Å². The Morgan fingerprint density at radius 1 is 1.20 bits per heavy atom. The van der Waals surface area contributed by atoms with Crippen LogP contribution in [0.15, 0.2) is 60.0 Å². The molecule has 0 amide bonds. The van der Waals surface area contributed by atoms with Crippen LogP contribution in [0.25, 0.3) is 17.0 Å². The number of rotatable bonds is 3. The smallest absolute Gasteiger partial charge is 0.290 e. The number of carbonyl (C=O) groups is 1. The molecule has 0 aliphatic heterocycles. The highest BCUT2D eigenvalue weighted by atomic mass is 16.3. The van der Waals surface area contributed by atoms with Crippen LogP contribution in [0.1, 0.15) is 5.69 Å². The van der Waals surface area contributed by atoms with Gasteiger partial charge in [0.25, 0.3) is 12.0 Å². The Hall–Kier alpha value is -3.75. The number of hydrogen-bond donors (Lipinski definition) is 2. The number of aromatic amines is 1. The Bertz CT molecular complexity index is 1050. The van der Waals surface area contributed by atoms with E-state index in [1.54, 1.807) is 29.0 Å². The maximum atomic E-state index is 12.0. The summed E-state index contributed by atoms with van der Waals surface area (Å²) in [4.78, 5) is 31.5. The quantitative estimate of drug-likeness (QED) is 0.539. The van der Waals surface area contributed by atoms with E-state index in [0.29, 0.717) is 17.9 Å². The van der Waals surface area contributed by atoms with Gasteiger partial charge in [-0.15, -0.1) is 0 Å². The Kier molecular flexibility index (Phi) is 4.65. The van der Waals surface area contributed by atoms with Crippen LogP contribution in [0.3, 0.4) is 0 Å². The third-order valence-corrected chi connectivity index (χ3v) is 3.49. The molecule has 0 aliphatic carbocycles. The molecule has 0 aromatic carbocycles. The van der Waals surface area contributed by atoms with Crippen LogP contribution < -0.4 is 5.56 Å². The minimum Gasteiger partial charge on any atom is -0.483 e. The lowest BCUT2D eigenvalue weighted by Gasteiger charge is -2.08. The van der Waals surface area contributed by atoms with E-state index in [-0.39, 0.29) is 12.0 Å². The Morgan fingerprint density at radius 3 is 2.84 bits per heavy atom. The average molecular weight is 338 g/mol. The molecule has 0 atom stereocenters. The van der Waals surface area contributed by atoms with E-state index in [4.69, 9.17) is 9.90 Å². The SMILES string of the molecule is O=CO.O=c1[nH]cccc1-c1nccn1Cc1cccc2ncnn12. The standard InChI is InChI=1S/C15H12N6O.CH2O2/c22-15-12(4-2-6-17-15)14-16-7-8-20(14)9-11-3-1-5-13-18-10-19-21(11)13;2-1-3/h1-8,10H,9H2,(H,17,22);1H,(H,2,3). The predicted molar refractivity (Wildman–Crippen MR) is 89.1 cm³/mol. The number of imidazole rings is 1. The number of fused-ring (bicyclic) bond motifs is 1. The average Bonchev–Trinajstić information content (AvgIpc) is 3.26. The summed E-state index contributed by atoms with van der Waals surface area (Å²) in [5.41, 5.74) is 2.13. The molecule has 126 valence electrons. The molecular weight excluding hydrogens is 324 g/mol. The van der Waals surface area contributed by atoms with E-state index in [1.807, 2.05) is 29.0 Å². The van der Waals surface area contributed by atoms with Gasteiger partial charge in [-0.05, 0) is 24.3 Å². The molecule has 4 rings (SSSR count). The summed E-state index contributed by atoms with van der Waals surface area (Å²) in [6.07, 6.45) is 6.66. The fourth-order valence-electron chi connectivity index (χ4n) is 2.47. The van der Waals surface area contributed by atoms with Gasteiger partial charge in [-0.1, -0.05) is 6.07 Å². The second kappa shape index (κ2) is 7.21. The fraction of sp³-hybridized carbons (Fsp3) is 0.0625. The zero-order valence-corrected chi connectivity index (χ0v) is 13.0. The molecule has 0 unspecified atom stereocenters. The highest BCUT2D eigenvalue weighted by molar-refractivity contribution is 5.53. The molecule has 0 radical (unpaired) electrons. The van der Waals surface area contributed by atoms with Crippen molar-refractivity contribution in [3.05, 3.63) is 71.3 Å². The van der Waals surface area contributed by atoms with E-state index in [0.717, 1.165) is 11.3 Å². The Labute approximate surface area is 141 Å². The van der Waals surface area contributed by atoms with E-state index in [1.165, 1.54) is 6.33 Å². The predicted octanol–water partition coefficient (Wildman–Crippen LogP) is 1.03. The van der Waals surface area contributed by atoms with Gasteiger partial charge in [-0.25, -0.2) is 14.5 Å². The van der Waals surface area contributed by atoms with E-state index >= 15 is 0 Å². The van der Waals surface area contributed by atoms with Crippen molar-refractivity contribution in [2.24, 2.45) is 0 Å². The first kappa shape index (κ1) is 16.1. The minimum absolute atomic E-state index is 0.158. The van der Waals surface area contributed by atoms with E-state index < -0.39 is 0 Å². The lowest BCUT2D eigenvalue weighted by molar-refractivity contribution is -0.122. The number of nitrogens with zero attached hydrogens (tertiary/aromatic N) is 5. The van der Waals surface area contributed by atoms with Crippen molar-refractivity contribution in [3.8, 4) is 11.4 Å². The zero-order chi connectivity index (χ0) is 17.6. The van der Waals surface area contributed by atoms with Crippen LogP contribution >= 0.6 is 0 Å². The number of hydrogen-bond acceptors (Lipinski definition) is 5. The highest BCUT2D eigenvalue weighted by Gasteiger charge is 2.11. The van der Waals surface area contributed by atoms with Crippen molar-refractivity contribution >= 4 is 12.1 Å². The summed E-state index contributed by atoms with van der Waals surface area (Å²) in [7, 11) is 0.